The van der Waals surface area contributed by atoms with Crippen molar-refractivity contribution in [2.75, 3.05) is 31.1 Å². The highest BCUT2D eigenvalue weighted by Gasteiger charge is 2.26. The average molecular weight is 444 g/mol. The van der Waals surface area contributed by atoms with Crippen LogP contribution in [0.1, 0.15) is 29.8 Å². The van der Waals surface area contributed by atoms with Crippen molar-refractivity contribution in [2.45, 2.75) is 30.9 Å². The van der Waals surface area contributed by atoms with Crippen molar-refractivity contribution in [2.24, 2.45) is 0 Å². The summed E-state index contributed by atoms with van der Waals surface area (Å²) in [4.78, 5) is 21.9. The van der Waals surface area contributed by atoms with E-state index in [9.17, 15) is 13.2 Å². The summed E-state index contributed by atoms with van der Waals surface area (Å²) in [6.45, 7) is 7.93. The van der Waals surface area contributed by atoms with E-state index in [-0.39, 0.29) is 10.8 Å². The topological polar surface area (TPSA) is 70.6 Å². The van der Waals surface area contributed by atoms with E-state index in [1.165, 1.54) is 16.3 Å². The van der Waals surface area contributed by atoms with Gasteiger partial charge in [-0.1, -0.05) is 23.5 Å². The fourth-order valence-corrected chi connectivity index (χ4v) is 5.74. The Bertz CT molecular complexity index is 1190. The van der Waals surface area contributed by atoms with Crippen LogP contribution in [0.4, 0.5) is 5.13 Å². The number of fused-ring (bicyclic) bond motifs is 1. The van der Waals surface area contributed by atoms with E-state index in [4.69, 9.17) is 4.98 Å². The van der Waals surface area contributed by atoms with Gasteiger partial charge in [-0.05, 0) is 56.7 Å². The first-order valence-electron chi connectivity index (χ1n) is 10.0. The number of carbonyl (C=O) groups is 1. The molecule has 0 N–H and O–H groups in total. The lowest BCUT2D eigenvalue weighted by molar-refractivity contribution is 0.0746. The molecule has 30 heavy (non-hydrogen) atoms. The second-order valence-electron chi connectivity index (χ2n) is 7.87. The highest BCUT2D eigenvalue weighted by atomic mass is 32.2. The van der Waals surface area contributed by atoms with Gasteiger partial charge in [0.15, 0.2) is 15.0 Å². The van der Waals surface area contributed by atoms with Gasteiger partial charge in [-0.2, -0.15) is 0 Å². The van der Waals surface area contributed by atoms with E-state index < -0.39 is 15.1 Å². The molecule has 3 aromatic rings. The Morgan fingerprint density at radius 3 is 2.50 bits per heavy atom. The summed E-state index contributed by atoms with van der Waals surface area (Å²) in [5.41, 5.74) is 2.64. The third-order valence-electron chi connectivity index (χ3n) is 5.40. The highest BCUT2D eigenvalue weighted by molar-refractivity contribution is 7.92. The number of benzene rings is 2. The Labute approximate surface area is 181 Å². The minimum Gasteiger partial charge on any atom is -0.345 e. The van der Waals surface area contributed by atoms with E-state index in [1.54, 1.807) is 48.3 Å². The lowest BCUT2D eigenvalue weighted by atomic mass is 10.2. The number of piperazine rings is 1. The molecule has 2 aromatic carbocycles. The van der Waals surface area contributed by atoms with Crippen LogP contribution in [-0.2, 0) is 9.84 Å². The number of amides is 1. The van der Waals surface area contributed by atoms with Crippen molar-refractivity contribution in [3.63, 3.8) is 0 Å². The van der Waals surface area contributed by atoms with Gasteiger partial charge in [-0.3, -0.25) is 4.79 Å². The lowest BCUT2D eigenvalue weighted by Crippen LogP contribution is -2.48. The molecule has 1 fully saturated rings. The highest BCUT2D eigenvalue weighted by Crippen LogP contribution is 2.30. The number of aromatic nitrogens is 1. The predicted octanol–water partition coefficient (Wildman–Crippen LogP) is 3.75. The molecule has 0 aliphatic carbocycles. The van der Waals surface area contributed by atoms with Crippen molar-refractivity contribution in [1.29, 1.82) is 0 Å². The number of hydrogen-bond acceptors (Lipinski definition) is 6. The molecule has 1 amide bonds. The van der Waals surface area contributed by atoms with Gasteiger partial charge >= 0.3 is 0 Å². The number of nitrogens with zero attached hydrogens (tertiary/aromatic N) is 3. The Morgan fingerprint density at radius 1 is 1.07 bits per heavy atom. The molecule has 1 aliphatic rings. The lowest BCUT2D eigenvalue weighted by Gasteiger charge is -2.34. The van der Waals surface area contributed by atoms with Crippen molar-refractivity contribution in [1.82, 2.24) is 9.88 Å². The average Bonchev–Trinajstić information content (AvgIpc) is 3.16. The summed E-state index contributed by atoms with van der Waals surface area (Å²) < 4.78 is 26.1. The van der Waals surface area contributed by atoms with Crippen molar-refractivity contribution in [3.8, 4) is 0 Å². The molecule has 0 bridgehead atoms. The zero-order chi connectivity index (χ0) is 21.5. The second kappa shape index (κ2) is 8.00. The molecular weight excluding hydrogens is 418 g/mol. The van der Waals surface area contributed by atoms with E-state index in [0.717, 1.165) is 10.6 Å². The van der Waals surface area contributed by atoms with Crippen LogP contribution in [0.2, 0.25) is 0 Å². The zero-order valence-corrected chi connectivity index (χ0v) is 19.0. The fourth-order valence-electron chi connectivity index (χ4n) is 3.52. The molecule has 6 nitrogen and oxygen atoms in total. The van der Waals surface area contributed by atoms with Crippen LogP contribution in [-0.4, -0.2) is 55.6 Å². The van der Waals surface area contributed by atoms with Gasteiger partial charge < -0.3 is 9.80 Å². The minimum absolute atomic E-state index is 0.129. The Morgan fingerprint density at radius 2 is 1.80 bits per heavy atom. The smallest absolute Gasteiger partial charge is 0.254 e. The van der Waals surface area contributed by atoms with E-state index in [1.807, 2.05) is 6.07 Å². The molecule has 1 saturated heterocycles. The molecule has 2 heterocycles. The van der Waals surface area contributed by atoms with Crippen LogP contribution in [0.25, 0.3) is 10.2 Å². The number of sulfone groups is 1. The number of rotatable bonds is 4. The molecule has 1 aliphatic heterocycles. The van der Waals surface area contributed by atoms with Crippen LogP contribution in [0.5, 0.6) is 0 Å². The molecular formula is C22H25N3O3S2. The predicted molar refractivity (Wildman–Crippen MR) is 121 cm³/mol. The second-order valence-corrected chi connectivity index (χ2v) is 11.4. The minimum atomic E-state index is -3.41. The molecule has 158 valence electrons. The molecule has 4 rings (SSSR count). The first kappa shape index (κ1) is 20.8. The van der Waals surface area contributed by atoms with Crippen LogP contribution in [0.3, 0.4) is 0 Å². The maximum absolute atomic E-state index is 13.0. The Balaban J connectivity index is 1.47. The summed E-state index contributed by atoms with van der Waals surface area (Å²) in [6.07, 6.45) is 0. The summed E-state index contributed by atoms with van der Waals surface area (Å²) in [5, 5.41) is 0.455. The first-order valence-corrected chi connectivity index (χ1v) is 12.4. The third-order valence-corrected chi connectivity index (χ3v) is 8.63. The molecule has 1 aromatic heterocycles. The van der Waals surface area contributed by atoms with E-state index >= 15 is 0 Å². The van der Waals surface area contributed by atoms with Crippen LogP contribution < -0.4 is 4.90 Å². The number of hydrogen-bond donors (Lipinski definition) is 0. The van der Waals surface area contributed by atoms with Crippen molar-refractivity contribution in [3.05, 3.63) is 53.6 Å². The molecule has 0 unspecified atom stereocenters. The summed E-state index contributed by atoms with van der Waals surface area (Å²) in [5.74, 6) is -0.129. The quantitative estimate of drug-likeness (QED) is 0.614. The third kappa shape index (κ3) is 3.94. The van der Waals surface area contributed by atoms with Crippen molar-refractivity contribution < 1.29 is 13.2 Å². The molecule has 8 heteroatoms. The molecule has 0 radical (unpaired) electrons. The standard InChI is InChI=1S/C22H25N3O3S2/c1-15(2)30(27,28)18-6-4-5-17(14-18)21(26)24-9-11-25(12-10-24)22-23-19-8-7-16(3)13-20(19)29-22/h4-8,13-15H,9-12H2,1-3H3. The van der Waals surface area contributed by atoms with Crippen LogP contribution in [0, 0.1) is 6.92 Å². The van der Waals surface area contributed by atoms with Gasteiger partial charge in [0.05, 0.1) is 20.4 Å². The van der Waals surface area contributed by atoms with Crippen LogP contribution >= 0.6 is 11.3 Å². The Hall–Kier alpha value is -2.45. The fraction of sp³-hybridized carbons (Fsp3) is 0.364. The number of thiazole rings is 1. The van der Waals surface area contributed by atoms with E-state index in [0.29, 0.717) is 31.7 Å². The molecule has 0 atom stereocenters. The van der Waals surface area contributed by atoms with Gasteiger partial charge in [-0.25, -0.2) is 13.4 Å². The number of aryl methyl sites for hydroxylation is 1. The van der Waals surface area contributed by atoms with Crippen molar-refractivity contribution >= 4 is 42.4 Å². The summed E-state index contributed by atoms with van der Waals surface area (Å²) >= 11 is 1.68. The van der Waals surface area contributed by atoms with Gasteiger partial charge in [-0.15, -0.1) is 0 Å². The summed E-state index contributed by atoms with van der Waals surface area (Å²) in [6, 6.07) is 12.6. The normalized spacial score (nSPS) is 15.2. The van der Waals surface area contributed by atoms with E-state index in [2.05, 4.69) is 24.0 Å². The molecule has 0 saturated carbocycles. The SMILES string of the molecule is Cc1ccc2nc(N3CCN(C(=O)c4cccc(S(=O)(=O)C(C)C)c4)CC3)sc2c1. The van der Waals surface area contributed by atoms with Gasteiger partial charge in [0.1, 0.15) is 0 Å². The Kier molecular flexibility index (Phi) is 5.55. The number of anilines is 1. The van der Waals surface area contributed by atoms with Gasteiger partial charge in [0.2, 0.25) is 0 Å². The van der Waals surface area contributed by atoms with Gasteiger partial charge in [0.25, 0.3) is 5.91 Å². The first-order chi connectivity index (χ1) is 14.3. The number of carbonyl (C=O) groups excluding carboxylic acids is 1. The van der Waals surface area contributed by atoms with Crippen LogP contribution in [0.15, 0.2) is 47.4 Å². The molecule has 0 spiro atoms. The largest absolute Gasteiger partial charge is 0.345 e. The maximum Gasteiger partial charge on any atom is 0.254 e. The summed E-state index contributed by atoms with van der Waals surface area (Å²) in [7, 11) is -3.41. The maximum atomic E-state index is 13.0. The zero-order valence-electron chi connectivity index (χ0n) is 17.3. The van der Waals surface area contributed by atoms with Gasteiger partial charge in [0, 0.05) is 31.7 Å². The monoisotopic (exact) mass is 443 g/mol.